The number of aryl methyl sites for hydroxylation is 1. The lowest BCUT2D eigenvalue weighted by Crippen LogP contribution is -2.13. The molecule has 2 heterocycles. The van der Waals surface area contributed by atoms with Crippen LogP contribution in [0.4, 0.5) is 0 Å². The highest BCUT2D eigenvalue weighted by atomic mass is 16.5. The Bertz CT molecular complexity index is 1340. The summed E-state index contributed by atoms with van der Waals surface area (Å²) < 4.78 is 7.02. The molecule has 0 bridgehead atoms. The van der Waals surface area contributed by atoms with Gasteiger partial charge in [-0.1, -0.05) is 24.3 Å². The summed E-state index contributed by atoms with van der Waals surface area (Å²) >= 11 is 0. The van der Waals surface area contributed by atoms with Gasteiger partial charge in [0.1, 0.15) is 17.1 Å². The number of aromatic nitrogens is 4. The molecule has 150 valence electrons. The number of hydrogen-bond acceptors (Lipinski definition) is 5. The van der Waals surface area contributed by atoms with Gasteiger partial charge in [0.25, 0.3) is 5.56 Å². The third-order valence-electron chi connectivity index (χ3n) is 4.60. The first kappa shape index (κ1) is 19.1. The van der Waals surface area contributed by atoms with Crippen LogP contribution in [-0.2, 0) is 4.79 Å². The minimum atomic E-state index is -1.04. The monoisotopic (exact) mass is 402 g/mol. The van der Waals surface area contributed by atoms with E-state index in [-0.39, 0.29) is 5.56 Å². The zero-order valence-electron chi connectivity index (χ0n) is 16.3. The molecule has 0 atom stereocenters. The Balaban J connectivity index is 1.86. The van der Waals surface area contributed by atoms with Crippen LogP contribution in [0.3, 0.4) is 0 Å². The molecule has 2 N–H and O–H groups in total. The molecule has 8 heteroatoms. The lowest BCUT2D eigenvalue weighted by Gasteiger charge is -2.09. The minimum Gasteiger partial charge on any atom is -0.496 e. The third-order valence-corrected chi connectivity index (χ3v) is 4.60. The molecule has 0 amide bonds. The standard InChI is InChI=1S/C22H18N4O4/c1-13-19-20(26(25-13)15-6-4-3-5-7-15)22(29)24-21(23-19)16-10-8-14(9-11-18(27)28)12-17(16)30-2/h3-12H,1-2H3,(H,27,28)(H,23,24,29)/b11-9+. The number of rotatable bonds is 5. The summed E-state index contributed by atoms with van der Waals surface area (Å²) in [4.78, 5) is 31.1. The number of nitrogens with zero attached hydrogens (tertiary/aromatic N) is 3. The highest BCUT2D eigenvalue weighted by Gasteiger charge is 2.17. The van der Waals surface area contributed by atoms with E-state index < -0.39 is 5.97 Å². The molecule has 0 radical (unpaired) electrons. The summed E-state index contributed by atoms with van der Waals surface area (Å²) in [6.07, 6.45) is 2.50. The fourth-order valence-electron chi connectivity index (χ4n) is 3.22. The molecule has 0 saturated heterocycles. The topological polar surface area (TPSA) is 110 Å². The SMILES string of the molecule is COc1cc(/C=C/C(=O)O)ccc1-c1nc2c(C)nn(-c3ccccc3)c2c(=O)[nH]1. The maximum absolute atomic E-state index is 13.0. The molecule has 0 aliphatic rings. The van der Waals surface area contributed by atoms with E-state index in [0.29, 0.717) is 39.4 Å². The normalized spacial score (nSPS) is 11.3. The molecular formula is C22H18N4O4. The van der Waals surface area contributed by atoms with Gasteiger partial charge in [-0.05, 0) is 42.8 Å². The zero-order valence-corrected chi connectivity index (χ0v) is 16.3. The number of carboxylic acids is 1. The molecule has 4 aromatic rings. The van der Waals surface area contributed by atoms with Crippen molar-refractivity contribution < 1.29 is 14.6 Å². The van der Waals surface area contributed by atoms with E-state index in [1.165, 1.54) is 13.2 Å². The van der Waals surface area contributed by atoms with E-state index in [0.717, 1.165) is 11.8 Å². The van der Waals surface area contributed by atoms with Crippen molar-refractivity contribution in [1.29, 1.82) is 0 Å². The van der Waals surface area contributed by atoms with Gasteiger partial charge >= 0.3 is 5.97 Å². The van der Waals surface area contributed by atoms with Crippen LogP contribution in [-0.4, -0.2) is 37.9 Å². The average molecular weight is 402 g/mol. The number of carbonyl (C=O) groups is 1. The number of hydrogen-bond donors (Lipinski definition) is 2. The van der Waals surface area contributed by atoms with Crippen LogP contribution in [0.2, 0.25) is 0 Å². The maximum atomic E-state index is 13.0. The molecule has 2 aromatic carbocycles. The lowest BCUT2D eigenvalue weighted by molar-refractivity contribution is -0.131. The van der Waals surface area contributed by atoms with E-state index in [2.05, 4.69) is 15.1 Å². The van der Waals surface area contributed by atoms with Crippen molar-refractivity contribution >= 4 is 23.1 Å². The van der Waals surface area contributed by atoms with Crippen molar-refractivity contribution in [3.8, 4) is 22.8 Å². The van der Waals surface area contributed by atoms with Gasteiger partial charge in [0.15, 0.2) is 5.52 Å². The first-order chi connectivity index (χ1) is 14.5. The number of ether oxygens (including phenoxy) is 1. The number of benzene rings is 2. The minimum absolute atomic E-state index is 0.323. The molecular weight excluding hydrogens is 384 g/mol. The quantitative estimate of drug-likeness (QED) is 0.496. The van der Waals surface area contributed by atoms with Gasteiger partial charge in [0.2, 0.25) is 0 Å². The Hall–Kier alpha value is -4.20. The van der Waals surface area contributed by atoms with Gasteiger partial charge in [-0.15, -0.1) is 0 Å². The van der Waals surface area contributed by atoms with Crippen LogP contribution >= 0.6 is 0 Å². The van der Waals surface area contributed by atoms with Crippen molar-refractivity contribution in [1.82, 2.24) is 19.7 Å². The van der Waals surface area contributed by atoms with E-state index in [4.69, 9.17) is 9.84 Å². The van der Waals surface area contributed by atoms with Crippen LogP contribution in [0, 0.1) is 6.92 Å². The molecule has 8 nitrogen and oxygen atoms in total. The molecule has 0 aliphatic heterocycles. The number of nitrogens with one attached hydrogen (secondary N) is 1. The van der Waals surface area contributed by atoms with E-state index in [1.54, 1.807) is 29.8 Å². The Labute approximate surface area is 171 Å². The summed E-state index contributed by atoms with van der Waals surface area (Å²) in [6, 6.07) is 14.5. The molecule has 0 spiro atoms. The fourth-order valence-corrected chi connectivity index (χ4v) is 3.22. The second-order valence-corrected chi connectivity index (χ2v) is 6.58. The Morgan fingerprint density at radius 2 is 1.97 bits per heavy atom. The summed E-state index contributed by atoms with van der Waals surface area (Å²) in [7, 11) is 1.50. The number of aliphatic carboxylic acids is 1. The molecule has 0 saturated carbocycles. The first-order valence-electron chi connectivity index (χ1n) is 9.12. The molecule has 30 heavy (non-hydrogen) atoms. The highest BCUT2D eigenvalue weighted by Crippen LogP contribution is 2.30. The number of carboxylic acid groups (broad SMARTS) is 1. The summed E-state index contributed by atoms with van der Waals surface area (Å²) in [5.41, 5.74) is 3.16. The second-order valence-electron chi connectivity index (χ2n) is 6.58. The van der Waals surface area contributed by atoms with Gasteiger partial charge in [0.05, 0.1) is 24.1 Å². The number of para-hydroxylation sites is 1. The van der Waals surface area contributed by atoms with Crippen molar-refractivity contribution in [3.05, 3.63) is 76.2 Å². The summed E-state index contributed by atoms with van der Waals surface area (Å²) in [5.74, 6) is -0.243. The predicted molar refractivity (Wildman–Crippen MR) is 113 cm³/mol. The fraction of sp³-hybridized carbons (Fsp3) is 0.0909. The lowest BCUT2D eigenvalue weighted by atomic mass is 10.1. The zero-order chi connectivity index (χ0) is 21.3. The van der Waals surface area contributed by atoms with E-state index in [1.807, 2.05) is 30.3 Å². The molecule has 0 unspecified atom stereocenters. The maximum Gasteiger partial charge on any atom is 0.328 e. The first-order valence-corrected chi connectivity index (χ1v) is 9.12. The van der Waals surface area contributed by atoms with Crippen molar-refractivity contribution in [2.45, 2.75) is 6.92 Å². The Morgan fingerprint density at radius 1 is 1.20 bits per heavy atom. The highest BCUT2D eigenvalue weighted by molar-refractivity contribution is 5.86. The second kappa shape index (κ2) is 7.67. The van der Waals surface area contributed by atoms with Crippen molar-refractivity contribution in [3.63, 3.8) is 0 Å². The van der Waals surface area contributed by atoms with Crippen LogP contribution in [0.5, 0.6) is 5.75 Å². The largest absolute Gasteiger partial charge is 0.496 e. The molecule has 0 aliphatic carbocycles. The van der Waals surface area contributed by atoms with Gasteiger partial charge in [-0.3, -0.25) is 4.79 Å². The third kappa shape index (κ3) is 3.46. The van der Waals surface area contributed by atoms with Crippen molar-refractivity contribution in [2.24, 2.45) is 0 Å². The number of fused-ring (bicyclic) bond motifs is 1. The van der Waals surface area contributed by atoms with Crippen LogP contribution in [0.25, 0.3) is 34.2 Å². The van der Waals surface area contributed by atoms with Crippen LogP contribution in [0.15, 0.2) is 59.4 Å². The van der Waals surface area contributed by atoms with Crippen molar-refractivity contribution in [2.75, 3.05) is 7.11 Å². The van der Waals surface area contributed by atoms with Crippen LogP contribution in [0.1, 0.15) is 11.3 Å². The van der Waals surface area contributed by atoms with Gasteiger partial charge < -0.3 is 14.8 Å². The summed E-state index contributed by atoms with van der Waals surface area (Å²) in [6.45, 7) is 1.80. The molecule has 2 aromatic heterocycles. The predicted octanol–water partition coefficient (Wildman–Crippen LogP) is 3.19. The van der Waals surface area contributed by atoms with Crippen LogP contribution < -0.4 is 10.3 Å². The van der Waals surface area contributed by atoms with Gasteiger partial charge in [-0.2, -0.15) is 5.10 Å². The molecule has 0 fully saturated rings. The Morgan fingerprint density at radius 3 is 2.67 bits per heavy atom. The van der Waals surface area contributed by atoms with E-state index in [9.17, 15) is 9.59 Å². The van der Waals surface area contributed by atoms with Gasteiger partial charge in [0, 0.05) is 6.08 Å². The van der Waals surface area contributed by atoms with Gasteiger partial charge in [-0.25, -0.2) is 14.5 Å². The molecule has 4 rings (SSSR count). The van der Waals surface area contributed by atoms with E-state index >= 15 is 0 Å². The number of H-pyrrole nitrogens is 1. The average Bonchev–Trinajstić information content (AvgIpc) is 3.09. The number of aromatic amines is 1. The summed E-state index contributed by atoms with van der Waals surface area (Å²) in [5, 5.41) is 13.3. The number of methoxy groups -OCH3 is 1. The Kier molecular flexibility index (Phi) is 4.89. The smallest absolute Gasteiger partial charge is 0.328 e.